The minimum Gasteiger partial charge on any atom is -0.450 e. The van der Waals surface area contributed by atoms with E-state index in [0.717, 1.165) is 11.3 Å². The second-order valence-corrected chi connectivity index (χ2v) is 5.21. The molecule has 0 spiro atoms. The lowest BCUT2D eigenvalue weighted by Crippen LogP contribution is -2.28. The predicted octanol–water partition coefficient (Wildman–Crippen LogP) is 1.05. The van der Waals surface area contributed by atoms with E-state index in [4.69, 9.17) is 4.74 Å². The fourth-order valence-corrected chi connectivity index (χ4v) is 2.04. The van der Waals surface area contributed by atoms with Gasteiger partial charge in [-0.15, -0.1) is 5.10 Å². The Bertz CT molecular complexity index is 923. The van der Waals surface area contributed by atoms with E-state index in [1.54, 1.807) is 31.3 Å². The van der Waals surface area contributed by atoms with Gasteiger partial charge in [-0.25, -0.2) is 18.7 Å². The number of esters is 1. The van der Waals surface area contributed by atoms with Crippen LogP contribution in [-0.4, -0.2) is 38.1 Å². The van der Waals surface area contributed by atoms with Crippen molar-refractivity contribution in [2.75, 3.05) is 6.61 Å². The number of ether oxygens (including phenoxy) is 1. The fourth-order valence-electron chi connectivity index (χ4n) is 2.04. The molecule has 1 N–H and O–H groups in total. The Morgan fingerprint density at radius 2 is 2.00 bits per heavy atom. The Hall–Kier alpha value is -3.36. The van der Waals surface area contributed by atoms with E-state index in [-0.39, 0.29) is 24.0 Å². The summed E-state index contributed by atoms with van der Waals surface area (Å²) in [5.41, 5.74) is 1.48. The maximum absolute atomic E-state index is 12.8. The van der Waals surface area contributed by atoms with E-state index in [9.17, 15) is 14.0 Å². The van der Waals surface area contributed by atoms with Gasteiger partial charge in [0.2, 0.25) is 0 Å². The normalized spacial score (nSPS) is 10.6. The summed E-state index contributed by atoms with van der Waals surface area (Å²) in [4.78, 5) is 31.6. The first-order valence-electron chi connectivity index (χ1n) is 7.39. The number of benzene rings is 1. The van der Waals surface area contributed by atoms with E-state index in [2.05, 4.69) is 20.4 Å². The second-order valence-electron chi connectivity index (χ2n) is 5.21. The largest absolute Gasteiger partial charge is 0.450 e. The van der Waals surface area contributed by atoms with E-state index < -0.39 is 18.5 Å². The van der Waals surface area contributed by atoms with Crippen molar-refractivity contribution >= 4 is 17.7 Å². The van der Waals surface area contributed by atoms with Crippen LogP contribution in [0.1, 0.15) is 21.9 Å². The zero-order chi connectivity index (χ0) is 17.8. The number of hydrogen-bond acceptors (Lipinski definition) is 6. The Labute approximate surface area is 141 Å². The van der Waals surface area contributed by atoms with Crippen molar-refractivity contribution in [1.29, 1.82) is 0 Å². The van der Waals surface area contributed by atoms with Gasteiger partial charge in [-0.3, -0.25) is 4.79 Å². The number of halogens is 1. The van der Waals surface area contributed by atoms with Gasteiger partial charge < -0.3 is 10.1 Å². The van der Waals surface area contributed by atoms with Crippen LogP contribution in [0.2, 0.25) is 0 Å². The molecule has 9 heteroatoms. The number of nitrogens with zero attached hydrogens (tertiary/aromatic N) is 4. The van der Waals surface area contributed by atoms with Crippen molar-refractivity contribution in [2.24, 2.45) is 0 Å². The number of nitrogens with one attached hydrogen (secondary N) is 1. The van der Waals surface area contributed by atoms with Crippen molar-refractivity contribution in [3.8, 4) is 0 Å². The van der Waals surface area contributed by atoms with Gasteiger partial charge in [-0.05, 0) is 30.7 Å². The summed E-state index contributed by atoms with van der Waals surface area (Å²) in [7, 11) is 0. The van der Waals surface area contributed by atoms with Crippen molar-refractivity contribution in [2.45, 2.75) is 13.5 Å². The molecule has 0 saturated heterocycles. The average molecular weight is 343 g/mol. The summed E-state index contributed by atoms with van der Waals surface area (Å²) < 4.78 is 19.1. The zero-order valence-corrected chi connectivity index (χ0v) is 13.3. The summed E-state index contributed by atoms with van der Waals surface area (Å²) in [6.07, 6.45) is 1.55. The molecule has 0 aliphatic rings. The third-order valence-corrected chi connectivity index (χ3v) is 3.35. The number of fused-ring (bicyclic) bond motifs is 1. The van der Waals surface area contributed by atoms with E-state index in [1.807, 2.05) is 0 Å². The zero-order valence-electron chi connectivity index (χ0n) is 13.3. The molecule has 0 aliphatic carbocycles. The van der Waals surface area contributed by atoms with Crippen molar-refractivity contribution < 1.29 is 18.7 Å². The molecule has 3 aromatic rings. The van der Waals surface area contributed by atoms with Gasteiger partial charge in [0.25, 0.3) is 17.5 Å². The SMILES string of the molecule is Cc1ccnc2nc(C(=O)OCC(=O)NCc3ccc(F)cc3)nn12. The maximum Gasteiger partial charge on any atom is 0.378 e. The van der Waals surface area contributed by atoms with Crippen LogP contribution in [0.25, 0.3) is 5.78 Å². The molecule has 0 aliphatic heterocycles. The Morgan fingerprint density at radius 3 is 2.72 bits per heavy atom. The molecule has 0 unspecified atom stereocenters. The minimum atomic E-state index is -0.818. The van der Waals surface area contributed by atoms with E-state index in [0.29, 0.717) is 0 Å². The molecule has 3 rings (SSSR count). The number of rotatable bonds is 5. The Morgan fingerprint density at radius 1 is 1.24 bits per heavy atom. The summed E-state index contributed by atoms with van der Waals surface area (Å²) in [5.74, 6) is -1.56. The maximum atomic E-state index is 12.8. The standard InChI is InChI=1S/C16H14FN5O3/c1-10-6-7-18-16-20-14(21-22(10)16)15(24)25-9-13(23)19-8-11-2-4-12(17)5-3-11/h2-7H,8-9H2,1H3,(H,19,23). The fraction of sp³-hybridized carbons (Fsp3) is 0.188. The number of hydrogen-bond donors (Lipinski definition) is 1. The second kappa shape index (κ2) is 7.04. The van der Waals surface area contributed by atoms with E-state index in [1.165, 1.54) is 16.6 Å². The topological polar surface area (TPSA) is 98.5 Å². The van der Waals surface area contributed by atoms with Crippen molar-refractivity contribution in [3.63, 3.8) is 0 Å². The van der Waals surface area contributed by atoms with Crippen LogP contribution >= 0.6 is 0 Å². The predicted molar refractivity (Wildman–Crippen MR) is 84.0 cm³/mol. The molecule has 0 radical (unpaired) electrons. The van der Waals surface area contributed by atoms with Gasteiger partial charge in [0, 0.05) is 18.4 Å². The molecule has 0 saturated carbocycles. The lowest BCUT2D eigenvalue weighted by atomic mass is 10.2. The van der Waals surface area contributed by atoms with Crippen LogP contribution in [0.5, 0.6) is 0 Å². The lowest BCUT2D eigenvalue weighted by Gasteiger charge is -2.05. The molecule has 0 fully saturated rings. The summed E-state index contributed by atoms with van der Waals surface area (Å²) in [6, 6.07) is 7.42. The van der Waals surface area contributed by atoms with Crippen LogP contribution in [0, 0.1) is 12.7 Å². The van der Waals surface area contributed by atoms with Crippen LogP contribution in [0.4, 0.5) is 4.39 Å². The molecular weight excluding hydrogens is 329 g/mol. The highest BCUT2D eigenvalue weighted by atomic mass is 19.1. The first-order chi connectivity index (χ1) is 12.0. The van der Waals surface area contributed by atoms with Gasteiger partial charge in [0.15, 0.2) is 6.61 Å². The monoisotopic (exact) mass is 343 g/mol. The van der Waals surface area contributed by atoms with Gasteiger partial charge in [0.1, 0.15) is 5.82 Å². The number of carbonyl (C=O) groups excluding carboxylic acids is 2. The van der Waals surface area contributed by atoms with E-state index >= 15 is 0 Å². The highest BCUT2D eigenvalue weighted by molar-refractivity contribution is 5.88. The summed E-state index contributed by atoms with van der Waals surface area (Å²) >= 11 is 0. The van der Waals surface area contributed by atoms with Crippen LogP contribution in [0.15, 0.2) is 36.5 Å². The number of amides is 1. The molecular formula is C16H14FN5O3. The van der Waals surface area contributed by atoms with Gasteiger partial charge in [-0.2, -0.15) is 4.98 Å². The number of carbonyl (C=O) groups is 2. The molecule has 128 valence electrons. The molecule has 25 heavy (non-hydrogen) atoms. The third kappa shape index (κ3) is 3.94. The smallest absolute Gasteiger partial charge is 0.378 e. The Balaban J connectivity index is 1.53. The summed E-state index contributed by atoms with van der Waals surface area (Å²) in [5, 5.41) is 6.56. The molecule has 1 amide bonds. The minimum absolute atomic E-state index is 0.173. The number of aryl methyl sites for hydroxylation is 1. The van der Waals surface area contributed by atoms with Gasteiger partial charge in [-0.1, -0.05) is 12.1 Å². The van der Waals surface area contributed by atoms with Crippen LogP contribution in [-0.2, 0) is 16.1 Å². The summed E-state index contributed by atoms with van der Waals surface area (Å²) in [6.45, 7) is 1.52. The first kappa shape index (κ1) is 16.5. The average Bonchev–Trinajstić information content (AvgIpc) is 3.05. The highest BCUT2D eigenvalue weighted by Gasteiger charge is 2.17. The molecule has 0 atom stereocenters. The molecule has 0 bridgehead atoms. The first-order valence-corrected chi connectivity index (χ1v) is 7.39. The Kier molecular flexibility index (Phi) is 4.64. The molecule has 2 aromatic heterocycles. The van der Waals surface area contributed by atoms with Gasteiger partial charge >= 0.3 is 5.97 Å². The molecule has 8 nitrogen and oxygen atoms in total. The number of aromatic nitrogens is 4. The third-order valence-electron chi connectivity index (χ3n) is 3.35. The highest BCUT2D eigenvalue weighted by Crippen LogP contribution is 2.04. The van der Waals surface area contributed by atoms with Crippen LogP contribution < -0.4 is 5.32 Å². The molecule has 1 aromatic carbocycles. The quantitative estimate of drug-likeness (QED) is 0.695. The van der Waals surface area contributed by atoms with Crippen molar-refractivity contribution in [3.05, 3.63) is 59.4 Å². The van der Waals surface area contributed by atoms with Crippen LogP contribution in [0.3, 0.4) is 0 Å². The lowest BCUT2D eigenvalue weighted by molar-refractivity contribution is -0.124. The molecule has 2 heterocycles. The van der Waals surface area contributed by atoms with Crippen molar-refractivity contribution in [1.82, 2.24) is 24.9 Å². The van der Waals surface area contributed by atoms with Gasteiger partial charge in [0.05, 0.1) is 0 Å².